The van der Waals surface area contributed by atoms with Crippen molar-refractivity contribution in [2.24, 2.45) is 0 Å². The van der Waals surface area contributed by atoms with Gasteiger partial charge in [0, 0.05) is 6.54 Å². The summed E-state index contributed by atoms with van der Waals surface area (Å²) in [4.78, 5) is 0. The van der Waals surface area contributed by atoms with E-state index in [2.05, 4.69) is 36.5 Å². The van der Waals surface area contributed by atoms with Crippen LogP contribution in [0.5, 0.6) is 0 Å². The van der Waals surface area contributed by atoms with E-state index in [1.54, 1.807) is 0 Å². The van der Waals surface area contributed by atoms with Gasteiger partial charge >= 0.3 is 0 Å². The number of hydrogen-bond acceptors (Lipinski definition) is 1. The summed E-state index contributed by atoms with van der Waals surface area (Å²) in [5, 5.41) is 4.08. The maximum atomic E-state index is 6.06. The molecule has 1 nitrogen and oxygen atoms in total. The standard InChI is InChI=1S/C14H14ClN/c1-11-5-4-6-12(9-11)10-16-14-8-3-2-7-13(14)15/h2-9,16H,10H2,1H3. The average molecular weight is 232 g/mol. The van der Waals surface area contributed by atoms with Crippen molar-refractivity contribution in [3.63, 3.8) is 0 Å². The monoisotopic (exact) mass is 231 g/mol. The second-order valence-electron chi connectivity index (χ2n) is 3.82. The highest BCUT2D eigenvalue weighted by Crippen LogP contribution is 2.21. The first-order chi connectivity index (χ1) is 7.75. The molecule has 0 amide bonds. The van der Waals surface area contributed by atoms with Gasteiger partial charge < -0.3 is 5.32 Å². The summed E-state index contributed by atoms with van der Waals surface area (Å²) in [6.07, 6.45) is 0. The van der Waals surface area contributed by atoms with Gasteiger partial charge in [-0.1, -0.05) is 53.6 Å². The summed E-state index contributed by atoms with van der Waals surface area (Å²) in [6, 6.07) is 16.2. The molecule has 0 aromatic heterocycles. The summed E-state index contributed by atoms with van der Waals surface area (Å²) < 4.78 is 0. The van der Waals surface area contributed by atoms with Crippen molar-refractivity contribution < 1.29 is 0 Å². The van der Waals surface area contributed by atoms with E-state index in [9.17, 15) is 0 Å². The van der Waals surface area contributed by atoms with Crippen LogP contribution in [-0.2, 0) is 6.54 Å². The molecule has 0 atom stereocenters. The third kappa shape index (κ3) is 2.77. The summed E-state index contributed by atoms with van der Waals surface area (Å²) in [6.45, 7) is 2.89. The minimum atomic E-state index is 0.759. The zero-order valence-corrected chi connectivity index (χ0v) is 9.96. The number of nitrogens with one attached hydrogen (secondary N) is 1. The summed E-state index contributed by atoms with van der Waals surface area (Å²) in [5.74, 6) is 0. The van der Waals surface area contributed by atoms with E-state index >= 15 is 0 Å². The van der Waals surface area contributed by atoms with Crippen LogP contribution in [0.4, 0.5) is 5.69 Å². The molecule has 0 aliphatic heterocycles. The molecule has 82 valence electrons. The Kier molecular flexibility index (Phi) is 3.47. The molecule has 0 heterocycles. The number of hydrogen-bond donors (Lipinski definition) is 1. The van der Waals surface area contributed by atoms with Gasteiger partial charge in [-0.3, -0.25) is 0 Å². The number of para-hydroxylation sites is 1. The van der Waals surface area contributed by atoms with Crippen LogP contribution in [0.1, 0.15) is 11.1 Å². The van der Waals surface area contributed by atoms with E-state index in [0.717, 1.165) is 17.3 Å². The van der Waals surface area contributed by atoms with Gasteiger partial charge in [-0.2, -0.15) is 0 Å². The topological polar surface area (TPSA) is 12.0 Å². The van der Waals surface area contributed by atoms with Crippen LogP contribution in [0.3, 0.4) is 0 Å². The second-order valence-corrected chi connectivity index (χ2v) is 4.23. The predicted octanol–water partition coefficient (Wildman–Crippen LogP) is 4.26. The Labute approximate surface area is 101 Å². The smallest absolute Gasteiger partial charge is 0.0637 e. The van der Waals surface area contributed by atoms with E-state index < -0.39 is 0 Å². The van der Waals surface area contributed by atoms with E-state index in [1.807, 2.05) is 24.3 Å². The number of halogens is 1. The van der Waals surface area contributed by atoms with Crippen LogP contribution in [0.25, 0.3) is 0 Å². The zero-order chi connectivity index (χ0) is 11.4. The molecule has 1 N–H and O–H groups in total. The lowest BCUT2D eigenvalue weighted by Crippen LogP contribution is -1.99. The van der Waals surface area contributed by atoms with Gasteiger partial charge in [-0.05, 0) is 24.6 Å². The zero-order valence-electron chi connectivity index (χ0n) is 9.20. The number of aryl methyl sites for hydroxylation is 1. The molecule has 0 saturated heterocycles. The highest BCUT2D eigenvalue weighted by molar-refractivity contribution is 6.33. The van der Waals surface area contributed by atoms with E-state index in [1.165, 1.54) is 11.1 Å². The van der Waals surface area contributed by atoms with Crippen molar-refractivity contribution in [3.8, 4) is 0 Å². The Morgan fingerprint density at radius 1 is 1.06 bits per heavy atom. The van der Waals surface area contributed by atoms with Gasteiger partial charge in [-0.25, -0.2) is 0 Å². The molecule has 0 bridgehead atoms. The Morgan fingerprint density at radius 2 is 1.88 bits per heavy atom. The third-order valence-corrected chi connectivity index (χ3v) is 2.77. The van der Waals surface area contributed by atoms with E-state index in [-0.39, 0.29) is 0 Å². The van der Waals surface area contributed by atoms with Gasteiger partial charge in [0.2, 0.25) is 0 Å². The van der Waals surface area contributed by atoms with Crippen LogP contribution in [-0.4, -0.2) is 0 Å². The first-order valence-electron chi connectivity index (χ1n) is 5.29. The van der Waals surface area contributed by atoms with Crippen LogP contribution >= 0.6 is 11.6 Å². The Bertz CT molecular complexity index is 480. The van der Waals surface area contributed by atoms with Gasteiger partial charge in [0.15, 0.2) is 0 Å². The molecule has 2 heteroatoms. The molecule has 0 fully saturated rings. The van der Waals surface area contributed by atoms with Crippen molar-refractivity contribution in [1.29, 1.82) is 0 Å². The number of benzene rings is 2. The van der Waals surface area contributed by atoms with Crippen LogP contribution in [0.2, 0.25) is 5.02 Å². The van der Waals surface area contributed by atoms with Crippen LogP contribution in [0, 0.1) is 6.92 Å². The minimum absolute atomic E-state index is 0.759. The lowest BCUT2D eigenvalue weighted by molar-refractivity contribution is 1.14. The molecule has 0 unspecified atom stereocenters. The summed E-state index contributed by atoms with van der Waals surface area (Å²) in [7, 11) is 0. The van der Waals surface area contributed by atoms with Gasteiger partial charge in [0.25, 0.3) is 0 Å². The first-order valence-corrected chi connectivity index (χ1v) is 5.67. The number of rotatable bonds is 3. The highest BCUT2D eigenvalue weighted by Gasteiger charge is 1.98. The molecule has 0 aliphatic carbocycles. The van der Waals surface area contributed by atoms with Gasteiger partial charge in [-0.15, -0.1) is 0 Å². The molecule has 16 heavy (non-hydrogen) atoms. The fraction of sp³-hybridized carbons (Fsp3) is 0.143. The molecule has 0 radical (unpaired) electrons. The largest absolute Gasteiger partial charge is 0.380 e. The van der Waals surface area contributed by atoms with Crippen molar-refractivity contribution >= 4 is 17.3 Å². The lowest BCUT2D eigenvalue weighted by atomic mass is 10.1. The minimum Gasteiger partial charge on any atom is -0.380 e. The average Bonchev–Trinajstić information content (AvgIpc) is 2.28. The summed E-state index contributed by atoms with van der Waals surface area (Å²) >= 11 is 6.06. The second kappa shape index (κ2) is 5.04. The summed E-state index contributed by atoms with van der Waals surface area (Å²) in [5.41, 5.74) is 3.52. The third-order valence-electron chi connectivity index (χ3n) is 2.44. The highest BCUT2D eigenvalue weighted by atomic mass is 35.5. The van der Waals surface area contributed by atoms with E-state index in [4.69, 9.17) is 11.6 Å². The molecular formula is C14H14ClN. The fourth-order valence-electron chi connectivity index (χ4n) is 1.62. The Balaban J connectivity index is 2.05. The maximum absolute atomic E-state index is 6.06. The normalized spacial score (nSPS) is 10.1. The van der Waals surface area contributed by atoms with E-state index in [0.29, 0.717) is 0 Å². The van der Waals surface area contributed by atoms with Crippen molar-refractivity contribution in [2.45, 2.75) is 13.5 Å². The lowest BCUT2D eigenvalue weighted by Gasteiger charge is -2.08. The molecule has 0 spiro atoms. The Morgan fingerprint density at radius 3 is 2.62 bits per heavy atom. The van der Waals surface area contributed by atoms with Crippen molar-refractivity contribution in [1.82, 2.24) is 0 Å². The maximum Gasteiger partial charge on any atom is 0.0637 e. The molecule has 2 aromatic rings. The van der Waals surface area contributed by atoms with Crippen LogP contribution < -0.4 is 5.32 Å². The fourth-order valence-corrected chi connectivity index (χ4v) is 1.83. The SMILES string of the molecule is Cc1cccc(CNc2ccccc2Cl)c1. The van der Waals surface area contributed by atoms with Crippen molar-refractivity contribution in [3.05, 3.63) is 64.7 Å². The molecule has 0 aliphatic rings. The van der Waals surface area contributed by atoms with Crippen molar-refractivity contribution in [2.75, 3.05) is 5.32 Å². The predicted molar refractivity (Wildman–Crippen MR) is 70.0 cm³/mol. The van der Waals surface area contributed by atoms with Gasteiger partial charge in [0.05, 0.1) is 10.7 Å². The molecular weight excluding hydrogens is 218 g/mol. The number of anilines is 1. The quantitative estimate of drug-likeness (QED) is 0.832. The van der Waals surface area contributed by atoms with Gasteiger partial charge in [0.1, 0.15) is 0 Å². The first kappa shape index (κ1) is 11.0. The Hall–Kier alpha value is -1.47. The molecule has 0 saturated carbocycles. The van der Waals surface area contributed by atoms with Crippen LogP contribution in [0.15, 0.2) is 48.5 Å². The molecule has 2 rings (SSSR count). The molecule has 2 aromatic carbocycles.